The predicted molar refractivity (Wildman–Crippen MR) is 186 cm³/mol. The van der Waals surface area contributed by atoms with Gasteiger partial charge in [-0.1, -0.05) is 61.4 Å². The summed E-state index contributed by atoms with van der Waals surface area (Å²) >= 11 is 0. The van der Waals surface area contributed by atoms with Gasteiger partial charge in [0, 0.05) is 81.9 Å². The molecule has 5 rings (SSSR count). The van der Waals surface area contributed by atoms with Crippen molar-refractivity contribution in [2.24, 2.45) is 0 Å². The largest absolute Gasteiger partial charge is 0.392 e. The summed E-state index contributed by atoms with van der Waals surface area (Å²) in [6.45, 7) is 4.41. The molecule has 0 aliphatic carbocycles. The van der Waals surface area contributed by atoms with Gasteiger partial charge >= 0.3 is 0 Å². The van der Waals surface area contributed by atoms with Crippen molar-refractivity contribution in [3.05, 3.63) is 105 Å². The van der Waals surface area contributed by atoms with Gasteiger partial charge in [-0.05, 0) is 41.7 Å². The van der Waals surface area contributed by atoms with Crippen molar-refractivity contribution >= 4 is 23.2 Å². The second-order valence-electron chi connectivity index (χ2n) is 12.9. The molecule has 3 unspecified atom stereocenters. The number of aliphatic hydroxyl groups excluding tert-OH is 1. The van der Waals surface area contributed by atoms with Crippen LogP contribution in [-0.4, -0.2) is 70.8 Å². The number of aliphatic hydroxyl groups is 1. The second-order valence-corrected chi connectivity index (χ2v) is 12.9. The van der Waals surface area contributed by atoms with Crippen LogP contribution >= 0.6 is 0 Å². The summed E-state index contributed by atoms with van der Waals surface area (Å²) in [4.78, 5) is 38.7. The monoisotopic (exact) mass is 689 g/mol. The van der Waals surface area contributed by atoms with Crippen molar-refractivity contribution in [1.29, 1.82) is 0 Å². The average molecular weight is 690 g/mol. The number of nitro groups is 1. The number of non-ortho nitro benzene ring substituents is 1. The molecule has 13 heteroatoms. The Morgan fingerprint density at radius 1 is 0.800 bits per heavy atom. The van der Waals surface area contributed by atoms with Crippen molar-refractivity contribution in [3.63, 3.8) is 0 Å². The molecule has 0 radical (unpaired) electrons. The van der Waals surface area contributed by atoms with Crippen LogP contribution in [0.15, 0.2) is 72.8 Å². The van der Waals surface area contributed by atoms with Gasteiger partial charge in [0.05, 0.1) is 23.7 Å². The Hall–Kier alpha value is -4.40. The zero-order valence-corrected chi connectivity index (χ0v) is 28.2. The third kappa shape index (κ3) is 10.8. The Bertz CT molecular complexity index is 1530. The predicted octanol–water partition coefficient (Wildman–Crippen LogP) is 4.92. The average Bonchev–Trinajstić information content (AvgIpc) is 3.15. The lowest BCUT2D eigenvalue weighted by Crippen LogP contribution is -2.49. The summed E-state index contributed by atoms with van der Waals surface area (Å²) in [5.74, 6) is -0.412. The van der Waals surface area contributed by atoms with Crippen molar-refractivity contribution in [3.8, 4) is 0 Å². The number of nitrogens with zero attached hydrogens (tertiary/aromatic N) is 3. The van der Waals surface area contributed by atoms with Crippen LogP contribution in [-0.2, 0) is 32.2 Å². The molecule has 2 heterocycles. The molecule has 13 nitrogen and oxygen atoms in total. The smallest absolute Gasteiger partial charge is 0.269 e. The number of anilines is 1. The van der Waals surface area contributed by atoms with Gasteiger partial charge in [-0.15, -0.1) is 0 Å². The van der Waals surface area contributed by atoms with Crippen molar-refractivity contribution in [1.82, 2.24) is 15.7 Å². The third-order valence-corrected chi connectivity index (χ3v) is 9.30. The van der Waals surface area contributed by atoms with E-state index in [-0.39, 0.29) is 41.8 Å². The fourth-order valence-corrected chi connectivity index (χ4v) is 6.36. The van der Waals surface area contributed by atoms with Crippen LogP contribution in [0.1, 0.15) is 79.6 Å². The molecule has 50 heavy (non-hydrogen) atoms. The normalized spacial score (nSPS) is 19.6. The quantitative estimate of drug-likeness (QED) is 0.0702. The minimum Gasteiger partial charge on any atom is -0.392 e. The number of hydrogen-bond donors (Lipinski definition) is 4. The van der Waals surface area contributed by atoms with E-state index in [2.05, 4.69) is 15.1 Å². The number of nitro benzene ring substituents is 1. The number of ether oxygens (including phenoxy) is 2. The minimum atomic E-state index is -0.579. The molecule has 2 aliphatic rings. The molecular formula is C37H47N5O8. The second kappa shape index (κ2) is 18.6. The number of hydrogen-bond acceptors (Lipinski definition) is 10. The van der Waals surface area contributed by atoms with Crippen molar-refractivity contribution in [2.75, 3.05) is 37.6 Å². The fourth-order valence-electron chi connectivity index (χ4n) is 6.36. The van der Waals surface area contributed by atoms with Crippen molar-refractivity contribution < 1.29 is 34.3 Å². The van der Waals surface area contributed by atoms with Gasteiger partial charge in [0.1, 0.15) is 0 Å². The highest BCUT2D eigenvalue weighted by atomic mass is 16.7. The van der Waals surface area contributed by atoms with Crippen LogP contribution in [0.3, 0.4) is 0 Å². The number of carbonyl (C=O) groups excluding carboxylic acids is 2. The Morgan fingerprint density at radius 3 is 2.04 bits per heavy atom. The highest BCUT2D eigenvalue weighted by Crippen LogP contribution is 2.38. The Morgan fingerprint density at radius 2 is 1.42 bits per heavy atom. The first kappa shape index (κ1) is 36.9. The molecule has 0 bridgehead atoms. The van der Waals surface area contributed by atoms with Gasteiger partial charge in [-0.2, -0.15) is 0 Å². The van der Waals surface area contributed by atoms with Crippen molar-refractivity contribution in [2.45, 2.75) is 76.6 Å². The van der Waals surface area contributed by atoms with Crippen LogP contribution in [0, 0.1) is 10.1 Å². The summed E-state index contributed by atoms with van der Waals surface area (Å²) in [6.07, 6.45) is 3.59. The molecule has 2 aliphatic heterocycles. The van der Waals surface area contributed by atoms with Gasteiger partial charge < -0.3 is 24.8 Å². The number of benzene rings is 3. The zero-order chi connectivity index (χ0) is 35.3. The van der Waals surface area contributed by atoms with Gasteiger partial charge in [-0.3, -0.25) is 29.8 Å². The summed E-state index contributed by atoms with van der Waals surface area (Å²) in [7, 11) is 0. The third-order valence-electron chi connectivity index (χ3n) is 9.30. The number of rotatable bonds is 16. The highest BCUT2D eigenvalue weighted by molar-refractivity contribution is 5.75. The van der Waals surface area contributed by atoms with Gasteiger partial charge in [0.15, 0.2) is 6.29 Å². The number of unbranched alkanes of at least 4 members (excludes halogenated alkanes) is 3. The molecule has 2 fully saturated rings. The molecule has 0 saturated carbocycles. The van der Waals surface area contributed by atoms with Gasteiger partial charge in [-0.25, -0.2) is 5.48 Å². The van der Waals surface area contributed by atoms with E-state index in [0.717, 1.165) is 79.9 Å². The van der Waals surface area contributed by atoms with Crippen LogP contribution in [0.2, 0.25) is 0 Å². The van der Waals surface area contributed by atoms with Crippen LogP contribution in [0.25, 0.3) is 0 Å². The summed E-state index contributed by atoms with van der Waals surface area (Å²) < 4.78 is 13.1. The molecule has 3 aromatic rings. The Kier molecular flexibility index (Phi) is 13.7. The van der Waals surface area contributed by atoms with Gasteiger partial charge in [0.2, 0.25) is 11.8 Å². The number of piperazine rings is 1. The van der Waals surface area contributed by atoms with Gasteiger partial charge in [0.25, 0.3) is 5.69 Å². The number of carbonyl (C=O) groups is 2. The lowest BCUT2D eigenvalue weighted by atomic mass is 9.99. The van der Waals surface area contributed by atoms with E-state index < -0.39 is 12.2 Å². The van der Waals surface area contributed by atoms with E-state index in [1.165, 1.54) is 0 Å². The molecule has 2 amide bonds. The number of hydroxylamine groups is 1. The topological polar surface area (TPSA) is 167 Å². The lowest BCUT2D eigenvalue weighted by molar-refractivity contribution is -0.384. The zero-order valence-electron chi connectivity index (χ0n) is 28.2. The Balaban J connectivity index is 1.14. The summed E-state index contributed by atoms with van der Waals surface area (Å²) in [5, 5.41) is 32.1. The van der Waals surface area contributed by atoms with E-state index >= 15 is 0 Å². The maximum absolute atomic E-state index is 12.4. The van der Waals surface area contributed by atoms with E-state index in [1.807, 2.05) is 48.5 Å². The molecule has 4 N–H and O–H groups in total. The fraction of sp³-hybridized carbons (Fsp3) is 0.459. The SMILES string of the molecule is O=C(CCCCCCC(=O)NCc1ccc(C2OC(CN3CCN(c4ccc([N+](=O)[O-])cc4)CC3)CC(c3ccc(CO)cc3)O2)cc1)NO. The number of nitrogens with one attached hydrogen (secondary N) is 2. The molecule has 2 saturated heterocycles. The summed E-state index contributed by atoms with van der Waals surface area (Å²) in [5.41, 5.74) is 6.41. The lowest BCUT2D eigenvalue weighted by Gasteiger charge is -2.41. The first-order chi connectivity index (χ1) is 24.3. The standard InChI is InChI=1S/C37H47N5O8/c43-26-28-9-11-29(12-10-28)34-23-33(25-40-19-21-41(22-20-40)31-15-17-32(18-16-31)42(47)48)49-37(50-34)30-13-7-27(8-14-30)24-38-35(44)5-3-1-2-4-6-36(45)39-46/h7-18,33-34,37,43,46H,1-6,19-26H2,(H,38,44)(H,39,45). The minimum absolute atomic E-state index is 0.0207. The molecule has 0 spiro atoms. The van der Waals surface area contributed by atoms with E-state index in [1.54, 1.807) is 29.7 Å². The first-order valence-electron chi connectivity index (χ1n) is 17.3. The van der Waals surface area contributed by atoms with E-state index in [4.69, 9.17) is 14.7 Å². The highest BCUT2D eigenvalue weighted by Gasteiger charge is 2.34. The maximum Gasteiger partial charge on any atom is 0.269 e. The van der Waals surface area contributed by atoms with Crippen LogP contribution in [0.4, 0.5) is 11.4 Å². The van der Waals surface area contributed by atoms with Crippen LogP contribution < -0.4 is 15.7 Å². The Labute approximate surface area is 292 Å². The molecule has 3 aromatic carbocycles. The molecule has 268 valence electrons. The van der Waals surface area contributed by atoms with E-state index in [9.17, 15) is 24.8 Å². The summed E-state index contributed by atoms with van der Waals surface area (Å²) in [6, 6.07) is 22.4. The molecule has 3 atom stereocenters. The number of amides is 2. The maximum atomic E-state index is 12.4. The molecular weight excluding hydrogens is 642 g/mol. The first-order valence-corrected chi connectivity index (χ1v) is 17.3. The molecule has 0 aromatic heterocycles. The van der Waals surface area contributed by atoms with Crippen LogP contribution in [0.5, 0.6) is 0 Å². The van der Waals surface area contributed by atoms with E-state index in [0.29, 0.717) is 25.8 Å².